The molecule has 2 atom stereocenters. The van der Waals surface area contributed by atoms with Crippen LogP contribution >= 0.6 is 0 Å². The Balaban J connectivity index is 1.93. The van der Waals surface area contributed by atoms with Gasteiger partial charge in [-0.15, -0.1) is 0 Å². The van der Waals surface area contributed by atoms with Gasteiger partial charge >= 0.3 is 6.09 Å². The summed E-state index contributed by atoms with van der Waals surface area (Å²) < 4.78 is 5.48. The Bertz CT molecular complexity index is 591. The van der Waals surface area contributed by atoms with Crippen LogP contribution in [-0.4, -0.2) is 54.0 Å². The summed E-state index contributed by atoms with van der Waals surface area (Å²) >= 11 is 0. The molecule has 0 bridgehead atoms. The lowest BCUT2D eigenvalue weighted by molar-refractivity contribution is -0.133. The minimum absolute atomic E-state index is 0.0275. The number of carbonyl (C=O) groups is 2. The first-order valence-corrected chi connectivity index (χ1v) is 9.38. The van der Waals surface area contributed by atoms with Crippen LogP contribution in [0.5, 0.6) is 0 Å². The van der Waals surface area contributed by atoms with Crippen molar-refractivity contribution in [2.75, 3.05) is 20.1 Å². The summed E-state index contributed by atoms with van der Waals surface area (Å²) in [7, 11) is 1.76. The Morgan fingerprint density at radius 3 is 2.62 bits per heavy atom. The third-order valence-corrected chi connectivity index (χ3v) is 4.93. The van der Waals surface area contributed by atoms with E-state index >= 15 is 0 Å². The quantitative estimate of drug-likeness (QED) is 0.845. The predicted molar refractivity (Wildman–Crippen MR) is 101 cm³/mol. The van der Waals surface area contributed by atoms with Crippen LogP contribution in [0.15, 0.2) is 30.3 Å². The number of nitrogens with zero attached hydrogens (tertiary/aromatic N) is 2. The maximum atomic E-state index is 12.6. The highest BCUT2D eigenvalue weighted by molar-refractivity contribution is 5.81. The first kappa shape index (κ1) is 20.2. The number of hydrogen-bond donors (Lipinski definition) is 1. The monoisotopic (exact) mass is 361 g/mol. The molecular formula is C20H31N3O3. The van der Waals surface area contributed by atoms with Crippen molar-refractivity contribution in [1.82, 2.24) is 9.80 Å². The zero-order valence-electron chi connectivity index (χ0n) is 16.1. The molecule has 26 heavy (non-hydrogen) atoms. The molecular weight excluding hydrogens is 330 g/mol. The third kappa shape index (κ3) is 5.46. The minimum atomic E-state index is -0.512. The van der Waals surface area contributed by atoms with E-state index in [9.17, 15) is 9.59 Å². The van der Waals surface area contributed by atoms with Crippen LogP contribution in [0.4, 0.5) is 4.79 Å². The molecule has 0 aliphatic carbocycles. The number of piperidine rings is 1. The van der Waals surface area contributed by atoms with E-state index in [1.807, 2.05) is 44.2 Å². The second-order valence-electron chi connectivity index (χ2n) is 7.37. The number of likely N-dealkylation sites (N-methyl/N-ethyl adjacent to an activating group) is 1. The fourth-order valence-corrected chi connectivity index (χ4v) is 3.18. The van der Waals surface area contributed by atoms with Gasteiger partial charge in [-0.05, 0) is 30.7 Å². The summed E-state index contributed by atoms with van der Waals surface area (Å²) in [5.41, 5.74) is 6.94. The smallest absolute Gasteiger partial charge is 0.410 e. The number of likely N-dealkylation sites (tertiary alicyclic amines) is 1. The topological polar surface area (TPSA) is 75.9 Å². The van der Waals surface area contributed by atoms with Gasteiger partial charge in [-0.2, -0.15) is 0 Å². The molecule has 6 heteroatoms. The standard InChI is InChI=1S/C20H31N3O3/c1-15(2)18(21)19(24)22(3)13-17-11-7-8-12-23(17)20(25)26-14-16-9-5-4-6-10-16/h4-6,9-10,15,17-18H,7-8,11-14,21H2,1-3H3/t17-,18+/m1/s1. The van der Waals surface area contributed by atoms with Gasteiger partial charge in [0.05, 0.1) is 12.1 Å². The molecule has 1 fully saturated rings. The molecule has 0 saturated carbocycles. The molecule has 2 N–H and O–H groups in total. The number of amides is 2. The van der Waals surface area contributed by atoms with Gasteiger partial charge in [0.2, 0.25) is 5.91 Å². The van der Waals surface area contributed by atoms with Gasteiger partial charge in [0.1, 0.15) is 6.61 Å². The maximum Gasteiger partial charge on any atom is 0.410 e. The van der Waals surface area contributed by atoms with Crippen LogP contribution in [0.25, 0.3) is 0 Å². The highest BCUT2D eigenvalue weighted by Gasteiger charge is 2.31. The molecule has 2 rings (SSSR count). The van der Waals surface area contributed by atoms with E-state index < -0.39 is 6.04 Å². The number of benzene rings is 1. The molecule has 0 spiro atoms. The van der Waals surface area contributed by atoms with Gasteiger partial charge in [-0.3, -0.25) is 4.79 Å². The van der Waals surface area contributed by atoms with Gasteiger partial charge < -0.3 is 20.3 Å². The fraction of sp³-hybridized carbons (Fsp3) is 0.600. The lowest BCUT2D eigenvalue weighted by atomic mass is 10.0. The minimum Gasteiger partial charge on any atom is -0.445 e. The van der Waals surface area contributed by atoms with Crippen molar-refractivity contribution in [2.45, 2.75) is 51.8 Å². The maximum absolute atomic E-state index is 12.6. The summed E-state index contributed by atoms with van der Waals surface area (Å²) in [4.78, 5) is 28.4. The van der Waals surface area contributed by atoms with Crippen molar-refractivity contribution < 1.29 is 14.3 Å². The van der Waals surface area contributed by atoms with E-state index in [4.69, 9.17) is 10.5 Å². The van der Waals surface area contributed by atoms with Crippen LogP contribution in [0, 0.1) is 5.92 Å². The van der Waals surface area contributed by atoms with Gasteiger partial charge in [-0.1, -0.05) is 44.2 Å². The van der Waals surface area contributed by atoms with Crippen LogP contribution < -0.4 is 5.73 Å². The Morgan fingerprint density at radius 2 is 1.96 bits per heavy atom. The van der Waals surface area contributed by atoms with E-state index in [-0.39, 0.29) is 30.6 Å². The molecule has 0 unspecified atom stereocenters. The second kappa shape index (κ2) is 9.57. The average molecular weight is 361 g/mol. The molecule has 1 saturated heterocycles. The van der Waals surface area contributed by atoms with Crippen molar-refractivity contribution in [2.24, 2.45) is 11.7 Å². The van der Waals surface area contributed by atoms with Crippen LogP contribution in [0.3, 0.4) is 0 Å². The molecule has 144 valence electrons. The van der Waals surface area contributed by atoms with Crippen molar-refractivity contribution >= 4 is 12.0 Å². The van der Waals surface area contributed by atoms with Crippen LogP contribution in [0.1, 0.15) is 38.7 Å². The summed E-state index contributed by atoms with van der Waals surface area (Å²) in [6.07, 6.45) is 2.56. The molecule has 2 amide bonds. The molecule has 1 aromatic carbocycles. The lowest BCUT2D eigenvalue weighted by Gasteiger charge is -2.37. The second-order valence-corrected chi connectivity index (χ2v) is 7.37. The van der Waals surface area contributed by atoms with Crippen LogP contribution in [-0.2, 0) is 16.1 Å². The molecule has 1 aliphatic heterocycles. The van der Waals surface area contributed by atoms with Crippen LogP contribution in [0.2, 0.25) is 0 Å². The van der Waals surface area contributed by atoms with Crippen molar-refractivity contribution in [3.05, 3.63) is 35.9 Å². The summed E-state index contributed by atoms with van der Waals surface area (Å²) in [6.45, 7) is 5.28. The van der Waals surface area contributed by atoms with Crippen molar-refractivity contribution in [3.63, 3.8) is 0 Å². The number of ether oxygens (including phenoxy) is 1. The van der Waals surface area contributed by atoms with E-state index in [1.54, 1.807) is 16.8 Å². The zero-order valence-corrected chi connectivity index (χ0v) is 16.1. The highest BCUT2D eigenvalue weighted by Crippen LogP contribution is 2.20. The normalized spacial score (nSPS) is 18.5. The van der Waals surface area contributed by atoms with Gasteiger partial charge in [0.15, 0.2) is 0 Å². The van der Waals surface area contributed by atoms with E-state index in [1.165, 1.54) is 0 Å². The highest BCUT2D eigenvalue weighted by atomic mass is 16.6. The fourth-order valence-electron chi connectivity index (χ4n) is 3.18. The zero-order chi connectivity index (χ0) is 19.1. The SMILES string of the molecule is CC(C)[C@H](N)C(=O)N(C)C[C@H]1CCCCN1C(=O)OCc1ccccc1. The average Bonchev–Trinajstić information content (AvgIpc) is 2.66. The summed E-state index contributed by atoms with van der Waals surface area (Å²) in [6, 6.07) is 9.10. The number of hydrogen-bond acceptors (Lipinski definition) is 4. The molecule has 1 aromatic rings. The van der Waals surface area contributed by atoms with Gasteiger partial charge in [0.25, 0.3) is 0 Å². The Hall–Kier alpha value is -2.08. The largest absolute Gasteiger partial charge is 0.445 e. The Morgan fingerprint density at radius 1 is 1.27 bits per heavy atom. The lowest BCUT2D eigenvalue weighted by Crippen LogP contribution is -2.53. The predicted octanol–water partition coefficient (Wildman–Crippen LogP) is 2.62. The van der Waals surface area contributed by atoms with Crippen molar-refractivity contribution in [1.29, 1.82) is 0 Å². The van der Waals surface area contributed by atoms with Gasteiger partial charge in [0, 0.05) is 20.1 Å². The van der Waals surface area contributed by atoms with Crippen molar-refractivity contribution in [3.8, 4) is 0 Å². The summed E-state index contributed by atoms with van der Waals surface area (Å²) in [5.74, 6) is 0.00595. The van der Waals surface area contributed by atoms with E-state index in [0.717, 1.165) is 24.8 Å². The molecule has 0 radical (unpaired) electrons. The number of rotatable bonds is 6. The Kier molecular flexibility index (Phi) is 7.45. The first-order valence-electron chi connectivity index (χ1n) is 9.38. The Labute approximate surface area is 156 Å². The molecule has 0 aromatic heterocycles. The molecule has 6 nitrogen and oxygen atoms in total. The molecule has 1 heterocycles. The van der Waals surface area contributed by atoms with Gasteiger partial charge in [-0.25, -0.2) is 4.79 Å². The number of nitrogens with two attached hydrogens (primary N) is 1. The summed E-state index contributed by atoms with van der Waals surface area (Å²) in [5, 5.41) is 0. The van der Waals surface area contributed by atoms with E-state index in [2.05, 4.69) is 0 Å². The molecule has 1 aliphatic rings. The first-order chi connectivity index (χ1) is 12.4. The van der Waals surface area contributed by atoms with E-state index in [0.29, 0.717) is 13.1 Å². The number of carbonyl (C=O) groups excluding carboxylic acids is 2. The third-order valence-electron chi connectivity index (χ3n) is 4.93.